The van der Waals surface area contributed by atoms with E-state index in [9.17, 15) is 8.42 Å². The molecular formula is C15H21NO2S. The summed E-state index contributed by atoms with van der Waals surface area (Å²) in [5.74, 6) is 1.03. The Morgan fingerprint density at radius 3 is 2.63 bits per heavy atom. The summed E-state index contributed by atoms with van der Waals surface area (Å²) in [6, 6.07) is 8.11. The van der Waals surface area contributed by atoms with Crippen molar-refractivity contribution in [3.63, 3.8) is 0 Å². The maximum Gasteiger partial charge on any atom is 0.178 e. The highest BCUT2D eigenvalue weighted by Gasteiger charge is 2.32. The van der Waals surface area contributed by atoms with Crippen molar-refractivity contribution in [2.45, 2.75) is 49.6 Å². The first-order valence-electron chi connectivity index (χ1n) is 7.15. The molecule has 2 atom stereocenters. The summed E-state index contributed by atoms with van der Waals surface area (Å²) in [6.45, 7) is 2.23. The lowest BCUT2D eigenvalue weighted by molar-refractivity contribution is 0.224. The highest BCUT2D eigenvalue weighted by Crippen LogP contribution is 2.35. The Balaban J connectivity index is 1.84. The lowest BCUT2D eigenvalue weighted by atomic mass is 9.80. The van der Waals surface area contributed by atoms with E-state index in [1.54, 1.807) is 6.07 Å². The second kappa shape index (κ2) is 4.91. The molecule has 1 aromatic rings. The summed E-state index contributed by atoms with van der Waals surface area (Å²) in [4.78, 5) is 0.527. The molecule has 1 aliphatic heterocycles. The van der Waals surface area contributed by atoms with Crippen LogP contribution in [0.2, 0.25) is 0 Å². The van der Waals surface area contributed by atoms with Gasteiger partial charge in [0.2, 0.25) is 0 Å². The fourth-order valence-corrected chi connectivity index (χ4v) is 4.78. The van der Waals surface area contributed by atoms with Crippen LogP contribution in [0.3, 0.4) is 0 Å². The van der Waals surface area contributed by atoms with Gasteiger partial charge in [0.15, 0.2) is 9.84 Å². The minimum absolute atomic E-state index is 0.190. The van der Waals surface area contributed by atoms with Crippen LogP contribution >= 0.6 is 0 Å². The van der Waals surface area contributed by atoms with Gasteiger partial charge in [-0.25, -0.2) is 8.42 Å². The molecule has 0 saturated heterocycles. The maximum absolute atomic E-state index is 12.1. The Hall–Kier alpha value is -0.870. The molecule has 3 nitrogen and oxygen atoms in total. The average Bonchev–Trinajstić information content (AvgIpc) is 2.31. The van der Waals surface area contributed by atoms with Crippen LogP contribution in [0.1, 0.15) is 44.2 Å². The van der Waals surface area contributed by atoms with Crippen molar-refractivity contribution in [1.29, 1.82) is 0 Å². The van der Waals surface area contributed by atoms with Crippen molar-refractivity contribution < 1.29 is 8.42 Å². The number of sulfone groups is 1. The molecule has 0 bridgehead atoms. The van der Waals surface area contributed by atoms with Gasteiger partial charge >= 0.3 is 0 Å². The summed E-state index contributed by atoms with van der Waals surface area (Å²) in [5.41, 5.74) is 0.958. The van der Waals surface area contributed by atoms with Crippen LogP contribution in [0.25, 0.3) is 0 Å². The summed E-state index contributed by atoms with van der Waals surface area (Å²) >= 11 is 0. The lowest BCUT2D eigenvalue weighted by Gasteiger charge is -2.36. The topological polar surface area (TPSA) is 46.2 Å². The van der Waals surface area contributed by atoms with Gasteiger partial charge in [0.1, 0.15) is 0 Å². The van der Waals surface area contributed by atoms with Crippen LogP contribution < -0.4 is 5.32 Å². The van der Waals surface area contributed by atoms with Crippen molar-refractivity contribution in [3.05, 3.63) is 29.8 Å². The van der Waals surface area contributed by atoms with E-state index in [0.29, 0.717) is 17.4 Å². The van der Waals surface area contributed by atoms with Gasteiger partial charge in [0.25, 0.3) is 0 Å². The molecular weight excluding hydrogens is 258 g/mol. The zero-order chi connectivity index (χ0) is 13.5. The number of hydrogen-bond acceptors (Lipinski definition) is 3. The van der Waals surface area contributed by atoms with Crippen molar-refractivity contribution in [1.82, 2.24) is 5.32 Å². The molecule has 0 radical (unpaired) electrons. The maximum atomic E-state index is 12.1. The molecule has 1 heterocycles. The minimum atomic E-state index is -3.06. The van der Waals surface area contributed by atoms with Crippen LogP contribution in [0.4, 0.5) is 0 Å². The van der Waals surface area contributed by atoms with E-state index in [2.05, 4.69) is 12.2 Å². The molecule has 19 heavy (non-hydrogen) atoms. The SMILES string of the molecule is CC(NC1CCS(=O)(=O)c2ccccc21)C1CCC1. The Bertz CT molecular complexity index is 563. The summed E-state index contributed by atoms with van der Waals surface area (Å²) in [5, 5.41) is 3.65. The highest BCUT2D eigenvalue weighted by molar-refractivity contribution is 7.91. The third-order valence-electron chi connectivity index (χ3n) is 4.63. The number of rotatable bonds is 3. The van der Waals surface area contributed by atoms with E-state index in [-0.39, 0.29) is 11.8 Å². The zero-order valence-corrected chi connectivity index (χ0v) is 12.1. The fraction of sp³-hybridized carbons (Fsp3) is 0.600. The number of nitrogens with one attached hydrogen (secondary N) is 1. The average molecular weight is 279 g/mol. The minimum Gasteiger partial charge on any atom is -0.307 e. The predicted molar refractivity (Wildman–Crippen MR) is 75.8 cm³/mol. The molecule has 1 fully saturated rings. The molecule has 1 aliphatic carbocycles. The molecule has 4 heteroatoms. The van der Waals surface area contributed by atoms with Crippen molar-refractivity contribution in [3.8, 4) is 0 Å². The van der Waals surface area contributed by atoms with E-state index in [4.69, 9.17) is 0 Å². The van der Waals surface area contributed by atoms with Crippen LogP contribution in [-0.4, -0.2) is 20.2 Å². The molecule has 1 N–H and O–H groups in total. The van der Waals surface area contributed by atoms with Crippen molar-refractivity contribution >= 4 is 9.84 Å². The molecule has 0 amide bonds. The quantitative estimate of drug-likeness (QED) is 0.925. The summed E-state index contributed by atoms with van der Waals surface area (Å²) in [6.07, 6.45) is 4.64. The third kappa shape index (κ3) is 2.43. The van der Waals surface area contributed by atoms with E-state index in [0.717, 1.165) is 11.5 Å². The molecule has 3 rings (SSSR count). The molecule has 2 aliphatic rings. The highest BCUT2D eigenvalue weighted by atomic mass is 32.2. The Labute approximate surface area is 115 Å². The van der Waals surface area contributed by atoms with Gasteiger partial charge in [0.05, 0.1) is 10.6 Å². The summed E-state index contributed by atoms with van der Waals surface area (Å²) < 4.78 is 24.2. The molecule has 104 valence electrons. The summed E-state index contributed by atoms with van der Waals surface area (Å²) in [7, 11) is -3.06. The fourth-order valence-electron chi connectivity index (χ4n) is 3.16. The first kappa shape index (κ1) is 13.1. The van der Waals surface area contributed by atoms with Crippen LogP contribution in [0, 0.1) is 5.92 Å². The standard InChI is InChI=1S/C15H21NO2S/c1-11(12-5-4-6-12)16-14-9-10-19(17,18)15-8-3-2-7-13(14)15/h2-3,7-8,11-12,14,16H,4-6,9-10H2,1H3. The van der Waals surface area contributed by atoms with Gasteiger partial charge in [-0.3, -0.25) is 0 Å². The van der Waals surface area contributed by atoms with Crippen LogP contribution in [-0.2, 0) is 9.84 Å². The van der Waals surface area contributed by atoms with E-state index >= 15 is 0 Å². The van der Waals surface area contributed by atoms with Gasteiger partial charge in [-0.1, -0.05) is 24.6 Å². The van der Waals surface area contributed by atoms with Gasteiger partial charge < -0.3 is 5.32 Å². The van der Waals surface area contributed by atoms with Gasteiger partial charge in [-0.15, -0.1) is 0 Å². The lowest BCUT2D eigenvalue weighted by Crippen LogP contribution is -2.41. The molecule has 2 unspecified atom stereocenters. The normalized spacial score (nSPS) is 27.3. The predicted octanol–water partition coefficient (Wildman–Crippen LogP) is 2.68. The number of fused-ring (bicyclic) bond motifs is 1. The number of hydrogen-bond donors (Lipinski definition) is 1. The van der Waals surface area contributed by atoms with Crippen LogP contribution in [0.5, 0.6) is 0 Å². The molecule has 1 saturated carbocycles. The van der Waals surface area contributed by atoms with Crippen molar-refractivity contribution in [2.75, 3.05) is 5.75 Å². The molecule has 1 aromatic carbocycles. The number of benzene rings is 1. The second-order valence-corrected chi connectivity index (χ2v) is 7.92. The van der Waals surface area contributed by atoms with E-state index in [1.165, 1.54) is 19.3 Å². The smallest absolute Gasteiger partial charge is 0.178 e. The van der Waals surface area contributed by atoms with Gasteiger partial charge in [0, 0.05) is 12.1 Å². The zero-order valence-electron chi connectivity index (χ0n) is 11.3. The Kier molecular flexibility index (Phi) is 3.39. The Morgan fingerprint density at radius 1 is 1.21 bits per heavy atom. The molecule has 0 aromatic heterocycles. The first-order chi connectivity index (χ1) is 9.08. The van der Waals surface area contributed by atoms with Gasteiger partial charge in [-0.2, -0.15) is 0 Å². The second-order valence-electron chi connectivity index (χ2n) is 5.84. The van der Waals surface area contributed by atoms with Gasteiger partial charge in [-0.05, 0) is 43.7 Å². The largest absolute Gasteiger partial charge is 0.307 e. The van der Waals surface area contributed by atoms with E-state index in [1.807, 2.05) is 18.2 Å². The van der Waals surface area contributed by atoms with E-state index < -0.39 is 9.84 Å². The monoisotopic (exact) mass is 279 g/mol. The molecule has 0 spiro atoms. The Morgan fingerprint density at radius 2 is 1.95 bits per heavy atom. The van der Waals surface area contributed by atoms with Crippen molar-refractivity contribution in [2.24, 2.45) is 5.92 Å². The van der Waals surface area contributed by atoms with Crippen LogP contribution in [0.15, 0.2) is 29.2 Å². The third-order valence-corrected chi connectivity index (χ3v) is 6.44. The first-order valence-corrected chi connectivity index (χ1v) is 8.81.